The molecule has 0 saturated carbocycles. The molecule has 0 bridgehead atoms. The highest BCUT2D eigenvalue weighted by molar-refractivity contribution is 8.00. The highest BCUT2D eigenvalue weighted by Crippen LogP contribution is 2.35. The molecule has 2 nitrogen and oxygen atoms in total. The number of anilines is 1. The monoisotopic (exact) mass is 208 g/mol. The van der Waals surface area contributed by atoms with E-state index in [1.54, 1.807) is 0 Å². The van der Waals surface area contributed by atoms with E-state index in [0.717, 1.165) is 6.42 Å². The van der Waals surface area contributed by atoms with Crippen LogP contribution < -0.4 is 10.6 Å². The van der Waals surface area contributed by atoms with Gasteiger partial charge in [-0.3, -0.25) is 0 Å². The van der Waals surface area contributed by atoms with Crippen LogP contribution in [0.4, 0.5) is 5.69 Å². The maximum absolute atomic E-state index is 3.51. The molecular weight excluding hydrogens is 192 g/mol. The Kier molecular flexibility index (Phi) is 2.99. The Morgan fingerprint density at radius 2 is 2.21 bits per heavy atom. The van der Waals surface area contributed by atoms with Crippen molar-refractivity contribution in [1.82, 2.24) is 5.32 Å². The van der Waals surface area contributed by atoms with E-state index in [2.05, 4.69) is 41.8 Å². The first-order valence-electron chi connectivity index (χ1n) is 4.99. The molecule has 1 heterocycles. The van der Waals surface area contributed by atoms with Gasteiger partial charge in [0.25, 0.3) is 0 Å². The predicted molar refractivity (Wildman–Crippen MR) is 62.8 cm³/mol. The molecule has 76 valence electrons. The van der Waals surface area contributed by atoms with Gasteiger partial charge in [0.2, 0.25) is 0 Å². The first-order valence-corrected chi connectivity index (χ1v) is 5.87. The highest BCUT2D eigenvalue weighted by atomic mass is 32.2. The summed E-state index contributed by atoms with van der Waals surface area (Å²) in [6.07, 6.45) is 1.54. The third-order valence-corrected chi connectivity index (χ3v) is 3.67. The van der Waals surface area contributed by atoms with Gasteiger partial charge in [-0.1, -0.05) is 19.1 Å². The van der Waals surface area contributed by atoms with Crippen LogP contribution in [0.15, 0.2) is 29.2 Å². The summed E-state index contributed by atoms with van der Waals surface area (Å²) in [4.78, 5) is 1.36. The van der Waals surface area contributed by atoms with Crippen molar-refractivity contribution in [3.63, 3.8) is 0 Å². The van der Waals surface area contributed by atoms with Crippen molar-refractivity contribution in [3.05, 3.63) is 24.3 Å². The molecule has 1 aromatic carbocycles. The fourth-order valence-electron chi connectivity index (χ4n) is 1.72. The van der Waals surface area contributed by atoms with Crippen molar-refractivity contribution < 1.29 is 0 Å². The minimum atomic E-state index is 0.390. The molecule has 2 atom stereocenters. The van der Waals surface area contributed by atoms with E-state index < -0.39 is 0 Å². The van der Waals surface area contributed by atoms with Gasteiger partial charge in [0.15, 0.2) is 0 Å². The number of hydrogen-bond donors (Lipinski definition) is 2. The maximum Gasteiger partial charge on any atom is 0.0776 e. The summed E-state index contributed by atoms with van der Waals surface area (Å²) >= 11 is 1.95. The molecule has 2 unspecified atom stereocenters. The summed E-state index contributed by atoms with van der Waals surface area (Å²) in [5, 5.41) is 7.45. The van der Waals surface area contributed by atoms with E-state index in [-0.39, 0.29) is 0 Å². The first-order chi connectivity index (χ1) is 6.79. The topological polar surface area (TPSA) is 24.1 Å². The first kappa shape index (κ1) is 9.87. The number of benzene rings is 1. The van der Waals surface area contributed by atoms with E-state index in [9.17, 15) is 0 Å². The number of thioether (sulfide) groups is 1. The fourth-order valence-corrected chi connectivity index (χ4v) is 2.86. The largest absolute Gasteiger partial charge is 0.369 e. The summed E-state index contributed by atoms with van der Waals surface area (Å²) in [6, 6.07) is 8.50. The molecule has 2 N–H and O–H groups in total. The Labute approximate surface area is 89.5 Å². The molecule has 14 heavy (non-hydrogen) atoms. The van der Waals surface area contributed by atoms with Crippen LogP contribution in [0.1, 0.15) is 13.3 Å². The zero-order valence-electron chi connectivity index (χ0n) is 8.58. The Hall–Kier alpha value is -0.670. The van der Waals surface area contributed by atoms with Crippen molar-refractivity contribution >= 4 is 17.4 Å². The van der Waals surface area contributed by atoms with Crippen LogP contribution >= 0.6 is 11.8 Å². The molecule has 0 fully saturated rings. The normalized spacial score (nSPS) is 26.1. The lowest BCUT2D eigenvalue weighted by atomic mass is 10.2. The summed E-state index contributed by atoms with van der Waals surface area (Å²) in [5.41, 5.74) is 1.25. The van der Waals surface area contributed by atoms with Gasteiger partial charge in [0.1, 0.15) is 0 Å². The molecular formula is C11H16N2S. The standard InChI is InChI=1S/C11H16N2S/c1-8-7-11(12-2)13-9-5-3-4-6-10(9)14-8/h3-6,8,11-13H,7H2,1-2H3. The molecule has 0 aromatic heterocycles. The van der Waals surface area contributed by atoms with Gasteiger partial charge in [0.05, 0.1) is 6.17 Å². The number of fused-ring (bicyclic) bond motifs is 1. The van der Waals surface area contributed by atoms with Gasteiger partial charge >= 0.3 is 0 Å². The second kappa shape index (κ2) is 4.24. The third kappa shape index (κ3) is 2.04. The van der Waals surface area contributed by atoms with Gasteiger partial charge < -0.3 is 10.6 Å². The lowest BCUT2D eigenvalue weighted by Gasteiger charge is -2.17. The fraction of sp³-hybridized carbons (Fsp3) is 0.455. The molecule has 2 rings (SSSR count). The summed E-state index contributed by atoms with van der Waals surface area (Å²) in [6.45, 7) is 2.28. The van der Waals surface area contributed by atoms with Crippen molar-refractivity contribution in [2.24, 2.45) is 0 Å². The molecule has 1 aliphatic heterocycles. The number of rotatable bonds is 1. The van der Waals surface area contributed by atoms with Crippen LogP contribution in [-0.4, -0.2) is 18.5 Å². The molecule has 0 amide bonds. The lowest BCUT2D eigenvalue weighted by Crippen LogP contribution is -2.34. The van der Waals surface area contributed by atoms with Gasteiger partial charge in [-0.2, -0.15) is 0 Å². The van der Waals surface area contributed by atoms with E-state index >= 15 is 0 Å². The van der Waals surface area contributed by atoms with Crippen molar-refractivity contribution in [1.29, 1.82) is 0 Å². The maximum atomic E-state index is 3.51. The zero-order chi connectivity index (χ0) is 9.97. The quantitative estimate of drug-likeness (QED) is 0.741. The number of para-hydroxylation sites is 1. The zero-order valence-corrected chi connectivity index (χ0v) is 9.40. The second-order valence-electron chi connectivity index (χ2n) is 3.65. The van der Waals surface area contributed by atoms with Crippen LogP contribution in [-0.2, 0) is 0 Å². The SMILES string of the molecule is CNC1CC(C)Sc2ccccc2N1. The lowest BCUT2D eigenvalue weighted by molar-refractivity contribution is 0.579. The van der Waals surface area contributed by atoms with Crippen molar-refractivity contribution in [3.8, 4) is 0 Å². The highest BCUT2D eigenvalue weighted by Gasteiger charge is 2.18. The van der Waals surface area contributed by atoms with E-state index in [0.29, 0.717) is 11.4 Å². The Morgan fingerprint density at radius 3 is 3.00 bits per heavy atom. The van der Waals surface area contributed by atoms with E-state index in [1.807, 2.05) is 18.8 Å². The predicted octanol–water partition coefficient (Wildman–Crippen LogP) is 2.53. The van der Waals surface area contributed by atoms with Crippen LogP contribution in [0.5, 0.6) is 0 Å². The Bertz CT molecular complexity index is 314. The minimum absolute atomic E-state index is 0.390. The molecule has 0 radical (unpaired) electrons. The number of nitrogens with one attached hydrogen (secondary N) is 2. The Balaban J connectivity index is 2.27. The summed E-state index contributed by atoms with van der Waals surface area (Å²) < 4.78 is 0. The van der Waals surface area contributed by atoms with Gasteiger partial charge in [-0.25, -0.2) is 0 Å². The third-order valence-electron chi connectivity index (χ3n) is 2.46. The van der Waals surface area contributed by atoms with E-state index in [4.69, 9.17) is 0 Å². The van der Waals surface area contributed by atoms with Crippen LogP contribution in [0.25, 0.3) is 0 Å². The van der Waals surface area contributed by atoms with E-state index in [1.165, 1.54) is 10.6 Å². The van der Waals surface area contributed by atoms with Crippen LogP contribution in [0, 0.1) is 0 Å². The molecule has 0 spiro atoms. The summed E-state index contributed by atoms with van der Waals surface area (Å²) in [5.74, 6) is 0. The molecule has 0 saturated heterocycles. The van der Waals surface area contributed by atoms with Crippen molar-refractivity contribution in [2.45, 2.75) is 29.7 Å². The van der Waals surface area contributed by atoms with Crippen LogP contribution in [0.2, 0.25) is 0 Å². The van der Waals surface area contributed by atoms with Gasteiger partial charge in [-0.05, 0) is 25.6 Å². The average Bonchev–Trinajstić information content (AvgIpc) is 2.35. The van der Waals surface area contributed by atoms with Crippen molar-refractivity contribution in [2.75, 3.05) is 12.4 Å². The molecule has 3 heteroatoms. The molecule has 1 aliphatic rings. The number of hydrogen-bond acceptors (Lipinski definition) is 3. The smallest absolute Gasteiger partial charge is 0.0776 e. The minimum Gasteiger partial charge on any atom is -0.369 e. The average molecular weight is 208 g/mol. The molecule has 1 aromatic rings. The second-order valence-corrected chi connectivity index (χ2v) is 5.13. The van der Waals surface area contributed by atoms with Gasteiger partial charge in [0, 0.05) is 15.8 Å². The summed E-state index contributed by atoms with van der Waals surface area (Å²) in [7, 11) is 2.00. The molecule has 0 aliphatic carbocycles. The Morgan fingerprint density at radius 1 is 1.43 bits per heavy atom. The van der Waals surface area contributed by atoms with Crippen LogP contribution in [0.3, 0.4) is 0 Å². The van der Waals surface area contributed by atoms with Gasteiger partial charge in [-0.15, -0.1) is 11.8 Å².